The Morgan fingerprint density at radius 3 is 2.14 bits per heavy atom. The van der Waals surface area contributed by atoms with Crippen LogP contribution in [0.4, 0.5) is 11.4 Å². The van der Waals surface area contributed by atoms with Gasteiger partial charge in [0.25, 0.3) is 10.0 Å². The lowest BCUT2D eigenvalue weighted by atomic mass is 10.2. The molecule has 4 aromatic rings. The van der Waals surface area contributed by atoms with E-state index in [4.69, 9.17) is 4.74 Å². The molecule has 0 atom stereocenters. The Hall–Kier alpha value is -3.62. The molecule has 0 fully saturated rings. The highest BCUT2D eigenvalue weighted by Crippen LogP contribution is 2.28. The number of rotatable bonds is 8. The molecule has 0 aliphatic carbocycles. The first-order chi connectivity index (χ1) is 17.2. The molecule has 0 saturated carbocycles. The molecule has 4 rings (SSSR count). The fraction of sp³-hybridized carbons (Fsp3) is 0.107. The van der Waals surface area contributed by atoms with Crippen molar-refractivity contribution < 1.29 is 17.9 Å². The van der Waals surface area contributed by atoms with Crippen LogP contribution in [0.1, 0.15) is 11.1 Å². The highest BCUT2D eigenvalue weighted by atomic mass is 79.9. The van der Waals surface area contributed by atoms with Crippen LogP contribution in [-0.2, 0) is 14.8 Å². The van der Waals surface area contributed by atoms with E-state index in [9.17, 15) is 13.2 Å². The van der Waals surface area contributed by atoms with E-state index >= 15 is 0 Å². The van der Waals surface area contributed by atoms with Crippen molar-refractivity contribution in [3.63, 3.8) is 0 Å². The van der Waals surface area contributed by atoms with Gasteiger partial charge in [-0.2, -0.15) is 0 Å². The summed E-state index contributed by atoms with van der Waals surface area (Å²) in [5.41, 5.74) is 2.82. The van der Waals surface area contributed by atoms with Crippen LogP contribution in [0, 0.1) is 13.8 Å². The number of hydrogen-bond acceptors (Lipinski definition) is 4. The van der Waals surface area contributed by atoms with Crippen molar-refractivity contribution in [3.8, 4) is 11.5 Å². The quantitative estimate of drug-likeness (QED) is 0.258. The van der Waals surface area contributed by atoms with Crippen molar-refractivity contribution in [2.75, 3.05) is 16.2 Å². The van der Waals surface area contributed by atoms with Gasteiger partial charge in [0.05, 0.1) is 10.6 Å². The molecule has 0 bridgehead atoms. The Morgan fingerprint density at radius 1 is 0.861 bits per heavy atom. The van der Waals surface area contributed by atoms with E-state index in [2.05, 4.69) is 21.2 Å². The van der Waals surface area contributed by atoms with Gasteiger partial charge in [-0.3, -0.25) is 9.10 Å². The minimum absolute atomic E-state index is 0.102. The lowest BCUT2D eigenvalue weighted by Crippen LogP contribution is -2.38. The Balaban J connectivity index is 1.62. The summed E-state index contributed by atoms with van der Waals surface area (Å²) in [7, 11) is -4.02. The van der Waals surface area contributed by atoms with Crippen LogP contribution in [0.25, 0.3) is 0 Å². The van der Waals surface area contributed by atoms with Gasteiger partial charge < -0.3 is 10.1 Å². The maximum Gasteiger partial charge on any atom is 0.264 e. The van der Waals surface area contributed by atoms with Crippen LogP contribution < -0.4 is 14.4 Å². The van der Waals surface area contributed by atoms with E-state index in [-0.39, 0.29) is 4.90 Å². The predicted molar refractivity (Wildman–Crippen MR) is 146 cm³/mol. The number of hydrogen-bond donors (Lipinski definition) is 1. The van der Waals surface area contributed by atoms with Gasteiger partial charge in [-0.05, 0) is 86.1 Å². The summed E-state index contributed by atoms with van der Waals surface area (Å²) in [6, 6.07) is 27.8. The van der Waals surface area contributed by atoms with E-state index in [1.807, 2.05) is 56.3 Å². The van der Waals surface area contributed by atoms with Crippen LogP contribution in [0.3, 0.4) is 0 Å². The third-order valence-corrected chi connectivity index (χ3v) is 8.12. The van der Waals surface area contributed by atoms with Gasteiger partial charge in [0, 0.05) is 10.2 Å². The molecule has 0 aliphatic rings. The van der Waals surface area contributed by atoms with Crippen molar-refractivity contribution >= 4 is 43.2 Å². The average Bonchev–Trinajstić information content (AvgIpc) is 2.86. The molecule has 6 nitrogen and oxygen atoms in total. The molecule has 8 heteroatoms. The largest absolute Gasteiger partial charge is 0.457 e. The molecule has 36 heavy (non-hydrogen) atoms. The molecule has 0 radical (unpaired) electrons. The summed E-state index contributed by atoms with van der Waals surface area (Å²) in [4.78, 5) is 13.1. The van der Waals surface area contributed by atoms with Crippen molar-refractivity contribution in [3.05, 3.63) is 113 Å². The molecule has 1 N–H and O–H groups in total. The normalized spacial score (nSPS) is 11.1. The number of halogens is 1. The molecule has 0 aromatic heterocycles. The first kappa shape index (κ1) is 25.5. The van der Waals surface area contributed by atoms with Crippen molar-refractivity contribution in [1.82, 2.24) is 0 Å². The van der Waals surface area contributed by atoms with Crippen LogP contribution in [-0.4, -0.2) is 20.9 Å². The Morgan fingerprint density at radius 2 is 1.50 bits per heavy atom. The Bertz CT molecular complexity index is 1460. The number of nitrogens with one attached hydrogen (secondary N) is 1. The predicted octanol–water partition coefficient (Wildman–Crippen LogP) is 6.69. The van der Waals surface area contributed by atoms with Gasteiger partial charge in [-0.1, -0.05) is 51.8 Å². The molecule has 184 valence electrons. The topological polar surface area (TPSA) is 75.7 Å². The number of sulfonamides is 1. The minimum Gasteiger partial charge on any atom is -0.457 e. The number of anilines is 2. The number of ether oxygens (including phenoxy) is 1. The number of carbonyl (C=O) groups is 1. The van der Waals surface area contributed by atoms with Crippen LogP contribution in [0.5, 0.6) is 11.5 Å². The second kappa shape index (κ2) is 11.0. The molecule has 0 saturated heterocycles. The first-order valence-corrected chi connectivity index (χ1v) is 13.4. The summed E-state index contributed by atoms with van der Waals surface area (Å²) >= 11 is 3.44. The molecule has 0 unspecified atom stereocenters. The Labute approximate surface area is 219 Å². The molecule has 0 aliphatic heterocycles. The van der Waals surface area contributed by atoms with Gasteiger partial charge >= 0.3 is 0 Å². The average molecular weight is 565 g/mol. The number of para-hydroxylation sites is 1. The maximum absolute atomic E-state index is 13.6. The lowest BCUT2D eigenvalue weighted by molar-refractivity contribution is -0.114. The van der Waals surface area contributed by atoms with Crippen LogP contribution in [0.15, 0.2) is 106 Å². The number of aryl methyl sites for hydroxylation is 2. The molecule has 0 spiro atoms. The zero-order valence-electron chi connectivity index (χ0n) is 19.8. The summed E-state index contributed by atoms with van der Waals surface area (Å²) in [6.45, 7) is 3.39. The SMILES string of the molecule is Cc1ccc(S(=O)(=O)N(CC(=O)Nc2ccc(Br)c(C)c2)c2ccc(Oc3ccccc3)cc2)cc1. The number of benzene rings is 4. The number of nitrogens with zero attached hydrogens (tertiary/aromatic N) is 1. The third kappa shape index (κ3) is 6.13. The second-order valence-electron chi connectivity index (χ2n) is 8.25. The zero-order chi connectivity index (χ0) is 25.7. The van der Waals surface area contributed by atoms with Crippen LogP contribution in [0.2, 0.25) is 0 Å². The smallest absolute Gasteiger partial charge is 0.264 e. The van der Waals surface area contributed by atoms with Gasteiger partial charge in [0.1, 0.15) is 18.0 Å². The first-order valence-electron chi connectivity index (χ1n) is 11.2. The summed E-state index contributed by atoms with van der Waals surface area (Å²) in [5, 5.41) is 2.80. The molecule has 0 heterocycles. The fourth-order valence-corrected chi connectivity index (χ4v) is 5.18. The molecular formula is C28H25BrN2O4S. The third-order valence-electron chi connectivity index (χ3n) is 5.44. The van der Waals surface area contributed by atoms with Crippen molar-refractivity contribution in [2.45, 2.75) is 18.7 Å². The van der Waals surface area contributed by atoms with Gasteiger partial charge in [0.15, 0.2) is 0 Å². The highest BCUT2D eigenvalue weighted by Gasteiger charge is 2.27. The summed E-state index contributed by atoms with van der Waals surface area (Å²) < 4.78 is 35.1. The fourth-order valence-electron chi connectivity index (χ4n) is 3.51. The summed E-state index contributed by atoms with van der Waals surface area (Å²) in [6.07, 6.45) is 0. The van der Waals surface area contributed by atoms with E-state index in [1.165, 1.54) is 0 Å². The van der Waals surface area contributed by atoms with Gasteiger partial charge in [-0.25, -0.2) is 8.42 Å². The molecular weight excluding hydrogens is 540 g/mol. The lowest BCUT2D eigenvalue weighted by Gasteiger charge is -2.24. The molecule has 4 aromatic carbocycles. The van der Waals surface area contributed by atoms with E-state index in [0.717, 1.165) is 19.9 Å². The van der Waals surface area contributed by atoms with Gasteiger partial charge in [-0.15, -0.1) is 0 Å². The summed E-state index contributed by atoms with van der Waals surface area (Å²) in [5.74, 6) is 0.753. The number of carbonyl (C=O) groups excluding carboxylic acids is 1. The minimum atomic E-state index is -4.02. The van der Waals surface area contributed by atoms with Crippen molar-refractivity contribution in [2.24, 2.45) is 0 Å². The Kier molecular flexibility index (Phi) is 7.76. The van der Waals surface area contributed by atoms with Crippen molar-refractivity contribution in [1.29, 1.82) is 0 Å². The van der Waals surface area contributed by atoms with Crippen LogP contribution >= 0.6 is 15.9 Å². The van der Waals surface area contributed by atoms with E-state index in [1.54, 1.807) is 54.6 Å². The zero-order valence-corrected chi connectivity index (χ0v) is 22.2. The maximum atomic E-state index is 13.6. The van der Waals surface area contributed by atoms with E-state index < -0.39 is 22.5 Å². The molecule has 1 amide bonds. The van der Waals surface area contributed by atoms with E-state index in [0.29, 0.717) is 22.9 Å². The number of amides is 1. The standard InChI is InChI=1S/C28H25BrN2O4S/c1-20-8-15-26(16-9-20)36(33,34)31(19-28(32)30-22-10-17-27(29)21(2)18-22)23-11-13-25(14-12-23)35-24-6-4-3-5-7-24/h3-18H,19H2,1-2H3,(H,30,32). The van der Waals surface area contributed by atoms with Gasteiger partial charge in [0.2, 0.25) is 5.91 Å². The monoisotopic (exact) mass is 564 g/mol. The highest BCUT2D eigenvalue weighted by molar-refractivity contribution is 9.10. The second-order valence-corrected chi connectivity index (χ2v) is 11.0.